The van der Waals surface area contributed by atoms with Crippen molar-refractivity contribution in [2.45, 2.75) is 57.0 Å². The summed E-state index contributed by atoms with van der Waals surface area (Å²) in [4.78, 5) is 0.320. The third-order valence-electron chi connectivity index (χ3n) is 4.46. The van der Waals surface area contributed by atoms with Crippen LogP contribution in [0.25, 0.3) is 0 Å². The van der Waals surface area contributed by atoms with E-state index in [1.54, 1.807) is 18.2 Å². The van der Waals surface area contributed by atoms with Crippen LogP contribution in [0.4, 0.5) is 0 Å². The number of hydrogen-bond donors (Lipinski definition) is 2. The molecule has 3 N–H and O–H groups in total. The van der Waals surface area contributed by atoms with Crippen molar-refractivity contribution in [2.24, 2.45) is 17.6 Å². The van der Waals surface area contributed by atoms with Gasteiger partial charge >= 0.3 is 0 Å². The van der Waals surface area contributed by atoms with Gasteiger partial charge in [0.2, 0.25) is 10.0 Å². The van der Waals surface area contributed by atoms with Crippen molar-refractivity contribution in [3.05, 3.63) is 29.8 Å². The molecule has 1 aliphatic carbocycles. The molecule has 1 aromatic rings. The first-order chi connectivity index (χ1) is 9.95. The molecule has 0 heterocycles. The minimum atomic E-state index is -3.50. The zero-order valence-corrected chi connectivity index (χ0v) is 13.7. The molecule has 0 saturated heterocycles. The summed E-state index contributed by atoms with van der Waals surface area (Å²) in [7, 11) is -3.50. The molecule has 0 amide bonds. The predicted molar refractivity (Wildman–Crippen MR) is 85.2 cm³/mol. The lowest BCUT2D eigenvalue weighted by molar-refractivity contribution is 0.226. The molecule has 2 unspecified atom stereocenters. The highest BCUT2D eigenvalue weighted by Gasteiger charge is 2.31. The molecule has 0 aliphatic heterocycles. The Kier molecular flexibility index (Phi) is 5.41. The van der Waals surface area contributed by atoms with E-state index < -0.39 is 10.0 Å². The first kappa shape index (κ1) is 16.5. The van der Waals surface area contributed by atoms with Crippen LogP contribution in [0.1, 0.15) is 45.1 Å². The SMILES string of the molecule is CC(C)C1CCCCC1NS(=O)(=O)c1ccccc1CN. The Balaban J connectivity index is 2.24. The van der Waals surface area contributed by atoms with Crippen molar-refractivity contribution in [3.8, 4) is 0 Å². The van der Waals surface area contributed by atoms with Gasteiger partial charge in [-0.1, -0.05) is 44.9 Å². The highest BCUT2D eigenvalue weighted by atomic mass is 32.2. The minimum absolute atomic E-state index is 0.0366. The van der Waals surface area contributed by atoms with E-state index in [2.05, 4.69) is 18.6 Å². The summed E-state index contributed by atoms with van der Waals surface area (Å²) in [6.07, 6.45) is 4.31. The molecule has 118 valence electrons. The summed E-state index contributed by atoms with van der Waals surface area (Å²) in [6.45, 7) is 4.57. The van der Waals surface area contributed by atoms with Crippen LogP contribution in [0.3, 0.4) is 0 Å². The zero-order valence-electron chi connectivity index (χ0n) is 12.9. The third kappa shape index (κ3) is 3.84. The highest BCUT2D eigenvalue weighted by Crippen LogP contribution is 2.31. The standard InChI is InChI=1S/C16H26N2O2S/c1-12(2)14-8-4-5-9-15(14)18-21(19,20)16-10-6-3-7-13(16)11-17/h3,6-7,10,12,14-15,18H,4-5,8-9,11,17H2,1-2H3. The molecular weight excluding hydrogens is 284 g/mol. The van der Waals surface area contributed by atoms with Gasteiger partial charge < -0.3 is 5.73 Å². The minimum Gasteiger partial charge on any atom is -0.326 e. The Morgan fingerprint density at radius 3 is 2.57 bits per heavy atom. The molecule has 1 aromatic carbocycles. The van der Waals surface area contributed by atoms with Crippen molar-refractivity contribution < 1.29 is 8.42 Å². The summed E-state index contributed by atoms with van der Waals surface area (Å²) >= 11 is 0. The first-order valence-electron chi connectivity index (χ1n) is 7.76. The van der Waals surface area contributed by atoms with E-state index in [4.69, 9.17) is 5.73 Å². The largest absolute Gasteiger partial charge is 0.326 e. The summed E-state index contributed by atoms with van der Waals surface area (Å²) in [5, 5.41) is 0. The Morgan fingerprint density at radius 1 is 1.24 bits per heavy atom. The maximum atomic E-state index is 12.7. The Hall–Kier alpha value is -0.910. The number of nitrogens with one attached hydrogen (secondary N) is 1. The van der Waals surface area contributed by atoms with Gasteiger partial charge in [-0.25, -0.2) is 13.1 Å². The van der Waals surface area contributed by atoms with Crippen molar-refractivity contribution >= 4 is 10.0 Å². The monoisotopic (exact) mass is 310 g/mol. The van der Waals surface area contributed by atoms with E-state index in [1.165, 1.54) is 6.42 Å². The van der Waals surface area contributed by atoms with Gasteiger partial charge in [-0.15, -0.1) is 0 Å². The summed E-state index contributed by atoms with van der Waals surface area (Å²) in [5.74, 6) is 0.904. The van der Waals surface area contributed by atoms with Crippen LogP contribution in [0.2, 0.25) is 0 Å². The molecule has 0 aromatic heterocycles. The lowest BCUT2D eigenvalue weighted by Crippen LogP contribution is -2.44. The van der Waals surface area contributed by atoms with Crippen LogP contribution in [0.15, 0.2) is 29.2 Å². The predicted octanol–water partition coefficient (Wildman–Crippen LogP) is 2.64. The van der Waals surface area contributed by atoms with E-state index in [1.807, 2.05) is 6.07 Å². The third-order valence-corrected chi connectivity index (χ3v) is 6.05. The summed E-state index contributed by atoms with van der Waals surface area (Å²) < 4.78 is 28.3. The zero-order chi connectivity index (χ0) is 15.5. The molecule has 0 radical (unpaired) electrons. The van der Waals surface area contributed by atoms with Crippen LogP contribution in [0.5, 0.6) is 0 Å². The van der Waals surface area contributed by atoms with Crippen LogP contribution >= 0.6 is 0 Å². The molecule has 1 saturated carbocycles. The number of rotatable bonds is 5. The number of benzene rings is 1. The second kappa shape index (κ2) is 6.90. The van der Waals surface area contributed by atoms with Gasteiger partial charge in [-0.2, -0.15) is 0 Å². The molecule has 4 nitrogen and oxygen atoms in total. The van der Waals surface area contributed by atoms with E-state index in [0.29, 0.717) is 22.3 Å². The van der Waals surface area contributed by atoms with E-state index in [-0.39, 0.29) is 12.6 Å². The van der Waals surface area contributed by atoms with E-state index >= 15 is 0 Å². The Labute approximate surface area is 128 Å². The molecule has 0 spiro atoms. The maximum absolute atomic E-state index is 12.7. The van der Waals surface area contributed by atoms with Crippen LogP contribution in [-0.2, 0) is 16.6 Å². The summed E-state index contributed by atoms with van der Waals surface area (Å²) in [6, 6.07) is 7.01. The average Bonchev–Trinajstić information content (AvgIpc) is 2.47. The van der Waals surface area contributed by atoms with Crippen molar-refractivity contribution in [3.63, 3.8) is 0 Å². The molecule has 2 atom stereocenters. The Bertz CT molecular complexity index is 569. The molecule has 2 rings (SSSR count). The quantitative estimate of drug-likeness (QED) is 0.878. The van der Waals surface area contributed by atoms with Crippen molar-refractivity contribution in [1.82, 2.24) is 4.72 Å². The fourth-order valence-electron chi connectivity index (χ4n) is 3.30. The lowest BCUT2D eigenvalue weighted by atomic mass is 9.78. The fraction of sp³-hybridized carbons (Fsp3) is 0.625. The molecule has 1 aliphatic rings. The fourth-order valence-corrected chi connectivity index (χ4v) is 4.87. The maximum Gasteiger partial charge on any atom is 0.241 e. The van der Waals surface area contributed by atoms with E-state index in [9.17, 15) is 8.42 Å². The average molecular weight is 310 g/mol. The summed E-state index contributed by atoms with van der Waals surface area (Å²) in [5.41, 5.74) is 6.33. The van der Waals surface area contributed by atoms with Gasteiger partial charge in [0.1, 0.15) is 0 Å². The number of hydrogen-bond acceptors (Lipinski definition) is 3. The van der Waals surface area contributed by atoms with Gasteiger partial charge in [0.15, 0.2) is 0 Å². The lowest BCUT2D eigenvalue weighted by Gasteiger charge is -2.34. The van der Waals surface area contributed by atoms with Crippen molar-refractivity contribution in [2.75, 3.05) is 0 Å². The number of sulfonamides is 1. The molecule has 21 heavy (non-hydrogen) atoms. The van der Waals surface area contributed by atoms with Gasteiger partial charge in [0, 0.05) is 12.6 Å². The molecule has 1 fully saturated rings. The van der Waals surface area contributed by atoms with Crippen molar-refractivity contribution in [1.29, 1.82) is 0 Å². The van der Waals surface area contributed by atoms with Crippen LogP contribution in [-0.4, -0.2) is 14.5 Å². The van der Waals surface area contributed by atoms with Gasteiger partial charge in [0.05, 0.1) is 4.90 Å². The van der Waals surface area contributed by atoms with Gasteiger partial charge in [-0.05, 0) is 36.3 Å². The molecular formula is C16H26N2O2S. The topological polar surface area (TPSA) is 72.2 Å². The molecule has 5 heteroatoms. The number of nitrogens with two attached hydrogens (primary N) is 1. The normalized spacial score (nSPS) is 23.4. The smallest absolute Gasteiger partial charge is 0.241 e. The molecule has 0 bridgehead atoms. The van der Waals surface area contributed by atoms with E-state index in [0.717, 1.165) is 19.3 Å². The second-order valence-corrected chi connectivity index (χ2v) is 7.91. The van der Waals surface area contributed by atoms with Gasteiger partial charge in [0.25, 0.3) is 0 Å². The van der Waals surface area contributed by atoms with Crippen LogP contribution in [0, 0.1) is 11.8 Å². The highest BCUT2D eigenvalue weighted by molar-refractivity contribution is 7.89. The van der Waals surface area contributed by atoms with Crippen LogP contribution < -0.4 is 10.5 Å². The van der Waals surface area contributed by atoms with Gasteiger partial charge in [-0.3, -0.25) is 0 Å². The second-order valence-electron chi connectivity index (χ2n) is 6.23. The Morgan fingerprint density at radius 2 is 1.90 bits per heavy atom. The first-order valence-corrected chi connectivity index (χ1v) is 9.24.